The molecule has 3 nitrogen and oxygen atoms in total. The van der Waals surface area contributed by atoms with Gasteiger partial charge in [-0.25, -0.2) is 4.98 Å². The summed E-state index contributed by atoms with van der Waals surface area (Å²) in [5, 5.41) is 9.29. The number of hydrogen-bond acceptors (Lipinski definition) is 3. The lowest BCUT2D eigenvalue weighted by molar-refractivity contribution is 0.567. The van der Waals surface area contributed by atoms with E-state index in [0.29, 0.717) is 11.1 Å². The van der Waals surface area contributed by atoms with Crippen LogP contribution in [0.1, 0.15) is 11.1 Å². The lowest BCUT2D eigenvalue weighted by atomic mass is 10.1. The lowest BCUT2D eigenvalue weighted by Gasteiger charge is -2.05. The average Bonchev–Trinajstić information content (AvgIpc) is 2.13. The summed E-state index contributed by atoms with van der Waals surface area (Å²) in [6, 6.07) is 3.60. The summed E-state index contributed by atoms with van der Waals surface area (Å²) in [4.78, 5) is 5.64. The van der Waals surface area contributed by atoms with Crippen LogP contribution in [0.25, 0.3) is 6.08 Å². The minimum absolute atomic E-state index is 0.128. The van der Waals surface area contributed by atoms with E-state index in [2.05, 4.69) is 4.98 Å². The summed E-state index contributed by atoms with van der Waals surface area (Å²) < 4.78 is 0. The summed E-state index contributed by atoms with van der Waals surface area (Å²) in [5.41, 5.74) is 0.996. The highest BCUT2D eigenvalue weighted by Gasteiger charge is 2.07. The van der Waals surface area contributed by atoms with Gasteiger partial charge in [-0.2, -0.15) is 5.26 Å². The van der Waals surface area contributed by atoms with Crippen LogP contribution in [-0.2, 0) is 0 Å². The van der Waals surface area contributed by atoms with E-state index in [4.69, 9.17) is 28.5 Å². The summed E-state index contributed by atoms with van der Waals surface area (Å²) in [5.74, 6) is 0. The minimum Gasteiger partial charge on any atom is -0.383 e. The monoisotopic (exact) mass is 241 g/mol. The van der Waals surface area contributed by atoms with Gasteiger partial charge >= 0.3 is 0 Å². The Kier molecular flexibility index (Phi) is 3.96. The van der Waals surface area contributed by atoms with Crippen LogP contribution in [0.4, 0.5) is 0 Å². The van der Waals surface area contributed by atoms with Crippen LogP contribution in [0.5, 0.6) is 0 Å². The Hall–Kier alpha value is -1.24. The van der Waals surface area contributed by atoms with Crippen molar-refractivity contribution in [2.75, 3.05) is 14.1 Å². The predicted molar refractivity (Wildman–Crippen MR) is 61.7 cm³/mol. The van der Waals surface area contributed by atoms with Crippen molar-refractivity contribution in [1.82, 2.24) is 9.88 Å². The number of aromatic nitrogens is 1. The first-order chi connectivity index (χ1) is 7.04. The predicted octanol–water partition coefficient (Wildman–Crippen LogP) is 2.79. The molecule has 1 aromatic heterocycles. The quantitative estimate of drug-likeness (QED) is 0.748. The van der Waals surface area contributed by atoms with Crippen molar-refractivity contribution in [3.8, 4) is 6.07 Å². The van der Waals surface area contributed by atoms with Gasteiger partial charge in [-0.1, -0.05) is 23.2 Å². The Morgan fingerprint density at radius 3 is 2.67 bits per heavy atom. The fourth-order valence-corrected chi connectivity index (χ4v) is 1.46. The Balaban J connectivity index is 3.22. The summed E-state index contributed by atoms with van der Waals surface area (Å²) in [7, 11) is 3.76. The molecule has 0 amide bonds. The highest BCUT2D eigenvalue weighted by Crippen LogP contribution is 2.22. The van der Waals surface area contributed by atoms with Crippen molar-refractivity contribution < 1.29 is 0 Å². The molecule has 1 aromatic rings. The third-order valence-electron chi connectivity index (χ3n) is 1.64. The fourth-order valence-electron chi connectivity index (χ4n) is 0.973. The average molecular weight is 242 g/mol. The Morgan fingerprint density at radius 1 is 1.47 bits per heavy atom. The third-order valence-corrected chi connectivity index (χ3v) is 2.11. The van der Waals surface area contributed by atoms with Crippen molar-refractivity contribution in [3.63, 3.8) is 0 Å². The van der Waals surface area contributed by atoms with Crippen molar-refractivity contribution in [2.24, 2.45) is 0 Å². The van der Waals surface area contributed by atoms with Crippen molar-refractivity contribution >= 4 is 29.3 Å². The minimum atomic E-state index is 0.128. The van der Waals surface area contributed by atoms with Gasteiger partial charge in [0.05, 0.1) is 5.56 Å². The highest BCUT2D eigenvalue weighted by molar-refractivity contribution is 6.33. The van der Waals surface area contributed by atoms with Gasteiger partial charge in [0.15, 0.2) is 0 Å². The van der Waals surface area contributed by atoms with Crippen LogP contribution in [0.15, 0.2) is 12.3 Å². The van der Waals surface area contributed by atoms with E-state index in [1.54, 1.807) is 12.1 Å². The maximum absolute atomic E-state index is 8.89. The molecule has 0 unspecified atom stereocenters. The molecule has 0 N–H and O–H groups in total. The second kappa shape index (κ2) is 5.01. The van der Waals surface area contributed by atoms with E-state index in [0.717, 1.165) is 0 Å². The van der Waals surface area contributed by atoms with Gasteiger partial charge in [0.1, 0.15) is 16.4 Å². The molecule has 0 aliphatic rings. The second-order valence-electron chi connectivity index (χ2n) is 3.09. The topological polar surface area (TPSA) is 39.9 Å². The molecule has 0 aliphatic carbocycles. The summed E-state index contributed by atoms with van der Waals surface area (Å²) in [6.45, 7) is 0. The lowest BCUT2D eigenvalue weighted by Crippen LogP contribution is -2.00. The molecule has 0 aliphatic heterocycles. The van der Waals surface area contributed by atoms with Gasteiger partial charge in [0, 0.05) is 14.1 Å². The fraction of sp³-hybridized carbons (Fsp3) is 0.200. The van der Waals surface area contributed by atoms with Crippen molar-refractivity contribution in [1.29, 1.82) is 5.26 Å². The zero-order valence-corrected chi connectivity index (χ0v) is 9.84. The molecule has 0 saturated heterocycles. The first-order valence-corrected chi connectivity index (χ1v) is 4.91. The van der Waals surface area contributed by atoms with Gasteiger partial charge in [0.2, 0.25) is 0 Å². The number of pyridine rings is 1. The largest absolute Gasteiger partial charge is 0.383 e. The zero-order chi connectivity index (χ0) is 11.4. The van der Waals surface area contributed by atoms with Gasteiger partial charge in [-0.3, -0.25) is 0 Å². The standard InChI is InChI=1S/C10H9Cl2N3/c1-15(2)4-3-7-5-9(11)14-10(12)8(7)6-13/h3-5H,1-2H3. The Bertz CT molecular complexity index is 433. The molecule has 0 spiro atoms. The SMILES string of the molecule is CN(C)C=Cc1cc(Cl)nc(Cl)c1C#N. The Labute approximate surface area is 98.5 Å². The van der Waals surface area contributed by atoms with Gasteiger partial charge in [-0.15, -0.1) is 0 Å². The van der Waals surface area contributed by atoms with Gasteiger partial charge < -0.3 is 4.90 Å². The number of nitrogens with zero attached hydrogens (tertiary/aromatic N) is 3. The van der Waals surface area contributed by atoms with Crippen molar-refractivity contribution in [3.05, 3.63) is 33.7 Å². The maximum atomic E-state index is 8.89. The first kappa shape index (κ1) is 11.8. The van der Waals surface area contributed by atoms with E-state index in [-0.39, 0.29) is 10.3 Å². The molecule has 15 heavy (non-hydrogen) atoms. The summed E-state index contributed by atoms with van der Waals surface area (Å²) in [6.07, 6.45) is 3.57. The van der Waals surface area contributed by atoms with Crippen LogP contribution < -0.4 is 0 Å². The second-order valence-corrected chi connectivity index (χ2v) is 3.84. The maximum Gasteiger partial charge on any atom is 0.149 e. The summed E-state index contributed by atoms with van der Waals surface area (Å²) >= 11 is 11.5. The normalized spacial score (nSPS) is 10.3. The number of halogens is 2. The van der Waals surface area contributed by atoms with Crippen LogP contribution in [0.2, 0.25) is 10.3 Å². The van der Waals surface area contributed by atoms with Crippen LogP contribution in [0, 0.1) is 11.3 Å². The van der Waals surface area contributed by atoms with Gasteiger partial charge in [-0.05, 0) is 23.9 Å². The molecule has 0 saturated carbocycles. The Morgan fingerprint density at radius 2 is 2.13 bits per heavy atom. The molecule has 0 aromatic carbocycles. The molecule has 5 heteroatoms. The molecule has 1 heterocycles. The molecule has 0 fully saturated rings. The zero-order valence-electron chi connectivity index (χ0n) is 8.33. The molecular formula is C10H9Cl2N3. The highest BCUT2D eigenvalue weighted by atomic mass is 35.5. The smallest absolute Gasteiger partial charge is 0.149 e. The van der Waals surface area contributed by atoms with E-state index in [1.807, 2.05) is 31.3 Å². The molecular weight excluding hydrogens is 233 g/mol. The van der Waals surface area contributed by atoms with Crippen molar-refractivity contribution in [2.45, 2.75) is 0 Å². The van der Waals surface area contributed by atoms with E-state index < -0.39 is 0 Å². The third kappa shape index (κ3) is 3.12. The number of rotatable bonds is 2. The molecule has 0 radical (unpaired) electrons. The van der Waals surface area contributed by atoms with E-state index >= 15 is 0 Å². The van der Waals surface area contributed by atoms with E-state index in [9.17, 15) is 0 Å². The molecule has 0 atom stereocenters. The first-order valence-electron chi connectivity index (χ1n) is 4.15. The number of nitriles is 1. The van der Waals surface area contributed by atoms with Crippen LogP contribution in [0.3, 0.4) is 0 Å². The molecule has 78 valence electrons. The van der Waals surface area contributed by atoms with Crippen LogP contribution >= 0.6 is 23.2 Å². The molecule has 1 rings (SSSR count). The molecule has 0 bridgehead atoms. The number of hydrogen-bond donors (Lipinski definition) is 0. The van der Waals surface area contributed by atoms with Crippen LogP contribution in [-0.4, -0.2) is 24.0 Å². The van der Waals surface area contributed by atoms with Gasteiger partial charge in [0.25, 0.3) is 0 Å². The van der Waals surface area contributed by atoms with E-state index in [1.165, 1.54) is 0 Å².